The van der Waals surface area contributed by atoms with Crippen molar-refractivity contribution in [2.45, 2.75) is 78.2 Å². The summed E-state index contributed by atoms with van der Waals surface area (Å²) in [5.74, 6) is 3.13. The van der Waals surface area contributed by atoms with Crippen LogP contribution in [0.5, 0.6) is 0 Å². The van der Waals surface area contributed by atoms with Crippen molar-refractivity contribution in [1.82, 2.24) is 0 Å². The monoisotopic (exact) mass is 358 g/mol. The number of allylic oxidation sites excluding steroid dienone is 4. The van der Waals surface area contributed by atoms with Crippen LogP contribution < -0.4 is 0 Å². The maximum atomic E-state index is 11.8. The lowest BCUT2D eigenvalue weighted by atomic mass is 9.47. The number of esters is 1. The van der Waals surface area contributed by atoms with Gasteiger partial charge in [-0.1, -0.05) is 19.9 Å². The molecule has 0 aromatic carbocycles. The van der Waals surface area contributed by atoms with Gasteiger partial charge in [0.1, 0.15) is 5.60 Å². The third-order valence-corrected chi connectivity index (χ3v) is 8.89. The molecule has 0 saturated heterocycles. The second-order valence-electron chi connectivity index (χ2n) is 9.82. The average Bonchev–Trinajstić information content (AvgIpc) is 2.84. The molecule has 0 heterocycles. The van der Waals surface area contributed by atoms with Crippen molar-refractivity contribution in [2.75, 3.05) is 7.11 Å². The van der Waals surface area contributed by atoms with E-state index in [9.17, 15) is 4.79 Å². The number of ether oxygens (including phenoxy) is 2. The molecule has 4 aliphatic rings. The van der Waals surface area contributed by atoms with E-state index in [2.05, 4.69) is 32.9 Å². The summed E-state index contributed by atoms with van der Waals surface area (Å²) in [5, 5.41) is 0. The minimum atomic E-state index is -0.297. The summed E-state index contributed by atoms with van der Waals surface area (Å²) in [6, 6.07) is 0. The number of hydrogen-bond acceptors (Lipinski definition) is 3. The SMILES string of the molecule is COC1=CC2=CCC3C(CCC4(C)C3CCC4(C)OC(C)=O)C2(C)CC1. The van der Waals surface area contributed by atoms with Gasteiger partial charge in [-0.2, -0.15) is 0 Å². The topological polar surface area (TPSA) is 35.5 Å². The Balaban J connectivity index is 1.66. The number of hydrogen-bond donors (Lipinski definition) is 0. The molecular formula is C23H34O3. The molecule has 4 rings (SSSR count). The van der Waals surface area contributed by atoms with Crippen molar-refractivity contribution < 1.29 is 14.3 Å². The highest BCUT2D eigenvalue weighted by molar-refractivity contribution is 5.66. The molecule has 0 bridgehead atoms. The van der Waals surface area contributed by atoms with Crippen LogP contribution in [0.15, 0.2) is 23.5 Å². The van der Waals surface area contributed by atoms with Crippen molar-refractivity contribution in [3.05, 3.63) is 23.5 Å². The molecule has 6 atom stereocenters. The fraction of sp³-hybridized carbons (Fsp3) is 0.783. The van der Waals surface area contributed by atoms with Crippen LogP contribution in [0.1, 0.15) is 72.6 Å². The van der Waals surface area contributed by atoms with E-state index >= 15 is 0 Å². The lowest BCUT2D eigenvalue weighted by Crippen LogP contribution is -2.54. The molecule has 0 aliphatic heterocycles. The van der Waals surface area contributed by atoms with Gasteiger partial charge in [0.05, 0.1) is 12.9 Å². The van der Waals surface area contributed by atoms with E-state index in [1.807, 2.05) is 0 Å². The number of carbonyl (C=O) groups is 1. The molecule has 0 radical (unpaired) electrons. The Hall–Kier alpha value is -1.25. The summed E-state index contributed by atoms with van der Waals surface area (Å²) in [6.45, 7) is 8.64. The molecule has 26 heavy (non-hydrogen) atoms. The van der Waals surface area contributed by atoms with Crippen molar-refractivity contribution in [3.63, 3.8) is 0 Å². The van der Waals surface area contributed by atoms with Crippen LogP contribution in [0.4, 0.5) is 0 Å². The van der Waals surface area contributed by atoms with Crippen molar-refractivity contribution in [3.8, 4) is 0 Å². The van der Waals surface area contributed by atoms with Gasteiger partial charge in [-0.3, -0.25) is 4.79 Å². The first-order valence-corrected chi connectivity index (χ1v) is 10.4. The molecule has 3 nitrogen and oxygen atoms in total. The van der Waals surface area contributed by atoms with Crippen LogP contribution in [-0.4, -0.2) is 18.7 Å². The molecule has 2 fully saturated rings. The zero-order valence-corrected chi connectivity index (χ0v) is 17.1. The van der Waals surface area contributed by atoms with Crippen molar-refractivity contribution in [2.24, 2.45) is 28.6 Å². The third kappa shape index (κ3) is 2.34. The maximum absolute atomic E-state index is 11.8. The van der Waals surface area contributed by atoms with Crippen LogP contribution in [0.25, 0.3) is 0 Å². The molecule has 4 aliphatic carbocycles. The molecule has 144 valence electrons. The highest BCUT2D eigenvalue weighted by Gasteiger charge is 2.63. The first kappa shape index (κ1) is 18.1. The summed E-state index contributed by atoms with van der Waals surface area (Å²) in [6.07, 6.45) is 12.9. The largest absolute Gasteiger partial charge is 0.501 e. The molecule has 0 spiro atoms. The maximum Gasteiger partial charge on any atom is 0.303 e. The normalized spacial score (nSPS) is 47.0. The van der Waals surface area contributed by atoms with E-state index in [1.54, 1.807) is 14.0 Å². The second kappa shape index (κ2) is 5.87. The Kier molecular flexibility index (Phi) is 4.09. The zero-order valence-electron chi connectivity index (χ0n) is 17.1. The Morgan fingerprint density at radius 1 is 1.12 bits per heavy atom. The lowest BCUT2D eigenvalue weighted by molar-refractivity contribution is -0.176. The molecule has 0 N–H and O–H groups in total. The molecule has 0 amide bonds. The molecular weight excluding hydrogens is 324 g/mol. The van der Waals surface area contributed by atoms with E-state index in [0.29, 0.717) is 5.92 Å². The molecule has 0 aromatic heterocycles. The minimum absolute atomic E-state index is 0.115. The lowest BCUT2D eigenvalue weighted by Gasteiger charge is -2.58. The van der Waals surface area contributed by atoms with E-state index in [1.165, 1.54) is 37.7 Å². The van der Waals surface area contributed by atoms with Crippen LogP contribution in [-0.2, 0) is 14.3 Å². The number of fused-ring (bicyclic) bond motifs is 5. The summed E-state index contributed by atoms with van der Waals surface area (Å²) in [4.78, 5) is 11.8. The molecule has 0 aromatic rings. The summed E-state index contributed by atoms with van der Waals surface area (Å²) in [7, 11) is 1.79. The predicted molar refractivity (Wildman–Crippen MR) is 102 cm³/mol. The van der Waals surface area contributed by atoms with E-state index in [4.69, 9.17) is 9.47 Å². The number of methoxy groups -OCH3 is 1. The van der Waals surface area contributed by atoms with Crippen molar-refractivity contribution in [1.29, 1.82) is 0 Å². The first-order chi connectivity index (χ1) is 12.2. The van der Waals surface area contributed by atoms with E-state index < -0.39 is 0 Å². The van der Waals surface area contributed by atoms with E-state index in [0.717, 1.165) is 30.4 Å². The van der Waals surface area contributed by atoms with Gasteiger partial charge < -0.3 is 9.47 Å². The van der Waals surface area contributed by atoms with E-state index in [-0.39, 0.29) is 22.4 Å². The standard InChI is InChI=1S/C23H34O3/c1-15(24)26-23(4)13-10-20-18-7-6-16-14-17(25-5)8-11-21(16,2)19(18)9-12-22(20,23)3/h6,14,18-20H,7-13H2,1-5H3. The Morgan fingerprint density at radius 2 is 1.85 bits per heavy atom. The Labute approximate surface area is 158 Å². The molecule has 2 saturated carbocycles. The van der Waals surface area contributed by atoms with Crippen LogP contribution >= 0.6 is 0 Å². The molecule has 6 unspecified atom stereocenters. The quantitative estimate of drug-likeness (QED) is 0.619. The van der Waals surface area contributed by atoms with Crippen molar-refractivity contribution >= 4 is 5.97 Å². The highest BCUT2D eigenvalue weighted by atomic mass is 16.6. The predicted octanol–water partition coefficient (Wildman–Crippen LogP) is 5.41. The van der Waals surface area contributed by atoms with Gasteiger partial charge in [0.25, 0.3) is 0 Å². The number of carbonyl (C=O) groups excluding carboxylic acids is 1. The van der Waals surface area contributed by atoms with Gasteiger partial charge in [0.15, 0.2) is 0 Å². The Bertz CT molecular complexity index is 677. The summed E-state index contributed by atoms with van der Waals surface area (Å²) >= 11 is 0. The fourth-order valence-corrected chi connectivity index (χ4v) is 7.17. The average molecular weight is 359 g/mol. The smallest absolute Gasteiger partial charge is 0.303 e. The van der Waals surface area contributed by atoms with Gasteiger partial charge in [0, 0.05) is 18.8 Å². The summed E-state index contributed by atoms with van der Waals surface area (Å²) < 4.78 is 11.5. The third-order valence-electron chi connectivity index (χ3n) is 8.89. The van der Waals surface area contributed by atoms with Crippen LogP contribution in [0, 0.1) is 28.6 Å². The van der Waals surface area contributed by atoms with Gasteiger partial charge >= 0.3 is 5.97 Å². The fourth-order valence-electron chi connectivity index (χ4n) is 7.17. The minimum Gasteiger partial charge on any atom is -0.501 e. The first-order valence-electron chi connectivity index (χ1n) is 10.4. The van der Waals surface area contributed by atoms with Gasteiger partial charge in [-0.25, -0.2) is 0 Å². The van der Waals surface area contributed by atoms with Gasteiger partial charge in [-0.15, -0.1) is 0 Å². The van der Waals surface area contributed by atoms with Crippen LogP contribution in [0.3, 0.4) is 0 Å². The Morgan fingerprint density at radius 3 is 2.54 bits per heavy atom. The van der Waals surface area contributed by atoms with Gasteiger partial charge in [-0.05, 0) is 80.3 Å². The second-order valence-corrected chi connectivity index (χ2v) is 9.82. The number of rotatable bonds is 2. The summed E-state index contributed by atoms with van der Waals surface area (Å²) in [5.41, 5.74) is 1.61. The zero-order chi connectivity index (χ0) is 18.7. The highest BCUT2D eigenvalue weighted by Crippen LogP contribution is 2.67. The van der Waals surface area contributed by atoms with Gasteiger partial charge in [0.2, 0.25) is 0 Å². The van der Waals surface area contributed by atoms with Crippen LogP contribution in [0.2, 0.25) is 0 Å². The molecule has 3 heteroatoms.